The molecule has 36 heavy (non-hydrogen) atoms. The lowest BCUT2D eigenvalue weighted by atomic mass is 9.48. The summed E-state index contributed by atoms with van der Waals surface area (Å²) in [5.41, 5.74) is 1.78. The maximum absolute atomic E-state index is 9.67. The number of rotatable bonds is 12. The summed E-state index contributed by atoms with van der Waals surface area (Å²) in [4.78, 5) is 9.03. The summed E-state index contributed by atoms with van der Waals surface area (Å²) in [6, 6.07) is 10.7. The number of unbranched alkanes of at least 4 members (excludes halogenated alkanes) is 1. The number of anilines is 2. The molecule has 0 saturated heterocycles. The van der Waals surface area contributed by atoms with E-state index in [2.05, 4.69) is 32.0 Å². The van der Waals surface area contributed by atoms with Crippen LogP contribution < -0.4 is 20.7 Å². The molecule has 0 amide bonds. The molecular weight excluding hydrogens is 452 g/mol. The lowest BCUT2D eigenvalue weighted by Gasteiger charge is -2.60. The van der Waals surface area contributed by atoms with E-state index in [1.54, 1.807) is 13.3 Å². The summed E-state index contributed by atoms with van der Waals surface area (Å²) in [5.74, 6) is 4.21. The predicted molar refractivity (Wildman–Crippen MR) is 140 cm³/mol. The van der Waals surface area contributed by atoms with Crippen LogP contribution in [0.5, 0.6) is 5.75 Å². The molecule has 0 spiro atoms. The number of hydrogen-bond acceptors (Lipinski definition) is 8. The minimum Gasteiger partial charge on any atom is -0.496 e. The molecule has 6 rings (SSSR count). The molecule has 4 N–H and O–H groups in total. The van der Waals surface area contributed by atoms with Crippen molar-refractivity contribution >= 4 is 11.8 Å². The molecule has 8 nitrogen and oxygen atoms in total. The SMILES string of the molecule is COc1ccccc1CNc1ncc(C#N)c(NCC23CC4C[C@H](C2)C(NCCCCO)[C@@H](C4)C3)n1. The summed E-state index contributed by atoms with van der Waals surface area (Å²) in [7, 11) is 1.67. The van der Waals surface area contributed by atoms with Crippen LogP contribution in [0.15, 0.2) is 30.5 Å². The molecule has 5 atom stereocenters. The molecule has 3 unspecified atom stereocenters. The van der Waals surface area contributed by atoms with Gasteiger partial charge >= 0.3 is 0 Å². The third-order valence-electron chi connectivity index (χ3n) is 8.53. The maximum atomic E-state index is 9.67. The molecule has 8 heteroatoms. The lowest BCUT2D eigenvalue weighted by Crippen LogP contribution is -2.59. The Bertz CT molecular complexity index is 1070. The van der Waals surface area contributed by atoms with Crippen LogP contribution in [-0.4, -0.2) is 47.9 Å². The fraction of sp³-hybridized carbons (Fsp3) is 0.607. The van der Waals surface area contributed by atoms with Gasteiger partial charge < -0.3 is 25.8 Å². The van der Waals surface area contributed by atoms with Crippen LogP contribution in [0, 0.1) is 34.5 Å². The van der Waals surface area contributed by atoms with Gasteiger partial charge in [0.15, 0.2) is 0 Å². The number of nitrogens with zero attached hydrogens (tertiary/aromatic N) is 3. The standard InChI is InChI=1S/C28H38N6O2/c1-36-24-7-3-2-6-20(24)16-31-27-32-17-23(15-29)26(34-27)33-18-28-12-19-10-21(13-28)25(22(11-19)14-28)30-8-4-5-9-35/h2-3,6-7,17,19,21-22,25,30,35H,4-5,8-14,16,18H2,1H3,(H2,31,32,33,34)/t19?,21-,22+,25?,28?. The highest BCUT2D eigenvalue weighted by molar-refractivity contribution is 5.53. The molecule has 0 aliphatic heterocycles. The van der Waals surface area contributed by atoms with Crippen LogP contribution in [0.1, 0.15) is 56.1 Å². The Morgan fingerprint density at radius 3 is 2.69 bits per heavy atom. The Balaban J connectivity index is 1.23. The summed E-state index contributed by atoms with van der Waals surface area (Å²) in [6.45, 7) is 2.68. The first-order valence-corrected chi connectivity index (χ1v) is 13.3. The van der Waals surface area contributed by atoms with E-state index in [9.17, 15) is 5.26 Å². The first-order chi connectivity index (χ1) is 17.6. The minimum absolute atomic E-state index is 0.279. The van der Waals surface area contributed by atoms with Crippen LogP contribution in [0.2, 0.25) is 0 Å². The van der Waals surface area contributed by atoms with Gasteiger partial charge in [-0.15, -0.1) is 0 Å². The molecule has 4 saturated carbocycles. The second-order valence-corrected chi connectivity index (χ2v) is 11.0. The van der Waals surface area contributed by atoms with Gasteiger partial charge in [-0.2, -0.15) is 10.2 Å². The number of aliphatic hydroxyl groups excluding tert-OH is 1. The third kappa shape index (κ3) is 5.28. The van der Waals surface area contributed by atoms with E-state index < -0.39 is 0 Å². The van der Waals surface area contributed by atoms with Gasteiger partial charge in [-0.3, -0.25) is 0 Å². The van der Waals surface area contributed by atoms with E-state index in [0.717, 1.165) is 55.0 Å². The van der Waals surface area contributed by atoms with Crippen LogP contribution in [-0.2, 0) is 6.54 Å². The number of nitrogens with one attached hydrogen (secondary N) is 3. The van der Waals surface area contributed by atoms with Crippen LogP contribution in [0.3, 0.4) is 0 Å². The number of ether oxygens (including phenoxy) is 1. The predicted octanol–water partition coefficient (Wildman–Crippen LogP) is 3.94. The van der Waals surface area contributed by atoms with Crippen molar-refractivity contribution in [3.8, 4) is 11.8 Å². The Hall–Kier alpha value is -2.89. The van der Waals surface area contributed by atoms with E-state index in [1.807, 2.05) is 24.3 Å². The van der Waals surface area contributed by atoms with Crippen molar-refractivity contribution in [3.63, 3.8) is 0 Å². The first kappa shape index (κ1) is 24.8. The van der Waals surface area contributed by atoms with Crippen molar-refractivity contribution in [2.24, 2.45) is 23.2 Å². The van der Waals surface area contributed by atoms with Crippen LogP contribution in [0.4, 0.5) is 11.8 Å². The highest BCUT2D eigenvalue weighted by Gasteiger charge is 2.54. The van der Waals surface area contributed by atoms with Crippen LogP contribution in [0.25, 0.3) is 0 Å². The molecule has 1 aromatic carbocycles. The zero-order valence-electron chi connectivity index (χ0n) is 21.2. The summed E-state index contributed by atoms with van der Waals surface area (Å²) >= 11 is 0. The fourth-order valence-corrected chi connectivity index (χ4v) is 7.23. The van der Waals surface area contributed by atoms with E-state index in [4.69, 9.17) is 9.84 Å². The average molecular weight is 491 g/mol. The number of hydrogen-bond donors (Lipinski definition) is 4. The molecule has 192 valence electrons. The first-order valence-electron chi connectivity index (χ1n) is 13.3. The number of nitriles is 1. The summed E-state index contributed by atoms with van der Waals surface area (Å²) in [6.07, 6.45) is 9.94. The highest BCUT2D eigenvalue weighted by atomic mass is 16.5. The summed E-state index contributed by atoms with van der Waals surface area (Å²) < 4.78 is 5.44. The van der Waals surface area contributed by atoms with Crippen LogP contribution >= 0.6 is 0 Å². The molecule has 4 aliphatic carbocycles. The van der Waals surface area contributed by atoms with Gasteiger partial charge in [0, 0.05) is 31.3 Å². The number of aromatic nitrogens is 2. The molecule has 4 aliphatic rings. The maximum Gasteiger partial charge on any atom is 0.224 e. The zero-order chi connectivity index (χ0) is 25.0. The topological polar surface area (TPSA) is 115 Å². The van der Waals surface area contributed by atoms with Gasteiger partial charge in [-0.25, -0.2) is 4.98 Å². The third-order valence-corrected chi connectivity index (χ3v) is 8.53. The van der Waals surface area contributed by atoms with E-state index in [-0.39, 0.29) is 12.0 Å². The van der Waals surface area contributed by atoms with E-state index in [0.29, 0.717) is 29.9 Å². The average Bonchev–Trinajstić information content (AvgIpc) is 2.90. The summed E-state index contributed by atoms with van der Waals surface area (Å²) in [5, 5.41) is 29.4. The minimum atomic E-state index is 0.279. The zero-order valence-corrected chi connectivity index (χ0v) is 21.2. The monoisotopic (exact) mass is 490 g/mol. The quantitative estimate of drug-likeness (QED) is 0.331. The number of para-hydroxylation sites is 1. The normalized spacial score (nSPS) is 28.0. The Labute approximate surface area is 213 Å². The Morgan fingerprint density at radius 1 is 1.14 bits per heavy atom. The second kappa shape index (κ2) is 11.0. The van der Waals surface area contributed by atoms with Crippen molar-refractivity contribution in [3.05, 3.63) is 41.6 Å². The van der Waals surface area contributed by atoms with Gasteiger partial charge in [-0.05, 0) is 80.7 Å². The van der Waals surface area contributed by atoms with E-state index in [1.165, 1.54) is 32.1 Å². The van der Waals surface area contributed by atoms with Gasteiger partial charge in [-0.1, -0.05) is 18.2 Å². The largest absolute Gasteiger partial charge is 0.496 e. The lowest BCUT2D eigenvalue weighted by molar-refractivity contribution is -0.0692. The number of methoxy groups -OCH3 is 1. The number of aliphatic hydroxyl groups is 1. The molecule has 4 bridgehead atoms. The Kier molecular flexibility index (Phi) is 7.59. The smallest absolute Gasteiger partial charge is 0.224 e. The van der Waals surface area contributed by atoms with Gasteiger partial charge in [0.1, 0.15) is 23.2 Å². The van der Waals surface area contributed by atoms with Crippen molar-refractivity contribution in [1.29, 1.82) is 5.26 Å². The van der Waals surface area contributed by atoms with Crippen molar-refractivity contribution in [2.45, 2.75) is 57.5 Å². The number of benzene rings is 1. The van der Waals surface area contributed by atoms with Crippen molar-refractivity contribution in [2.75, 3.05) is 37.4 Å². The van der Waals surface area contributed by atoms with Crippen molar-refractivity contribution < 1.29 is 9.84 Å². The highest BCUT2D eigenvalue weighted by Crippen LogP contribution is 2.60. The molecule has 2 aromatic rings. The second-order valence-electron chi connectivity index (χ2n) is 11.0. The molecule has 1 heterocycles. The molecular formula is C28H38N6O2. The fourth-order valence-electron chi connectivity index (χ4n) is 7.23. The molecule has 0 radical (unpaired) electrons. The Morgan fingerprint density at radius 2 is 1.94 bits per heavy atom. The van der Waals surface area contributed by atoms with Gasteiger partial charge in [0.05, 0.1) is 13.3 Å². The van der Waals surface area contributed by atoms with Crippen molar-refractivity contribution in [1.82, 2.24) is 15.3 Å². The van der Waals surface area contributed by atoms with E-state index >= 15 is 0 Å². The molecule has 4 fully saturated rings. The van der Waals surface area contributed by atoms with Gasteiger partial charge in [0.25, 0.3) is 0 Å². The van der Waals surface area contributed by atoms with Gasteiger partial charge in [0.2, 0.25) is 5.95 Å². The molecule has 1 aromatic heterocycles.